The van der Waals surface area contributed by atoms with Gasteiger partial charge >= 0.3 is 26.2 Å². The molecule has 0 aromatic heterocycles. The molecule has 0 heterocycles. The quantitative estimate of drug-likeness (QED) is 0.233. The van der Waals surface area contributed by atoms with Crippen LogP contribution in [0.2, 0.25) is 0 Å². The van der Waals surface area contributed by atoms with Crippen molar-refractivity contribution in [1.29, 1.82) is 0 Å². The Morgan fingerprint density at radius 3 is 1.37 bits per heavy atom. The Hall–Kier alpha value is -1.18. The predicted molar refractivity (Wildman–Crippen MR) is 122 cm³/mol. The van der Waals surface area contributed by atoms with Gasteiger partial charge in [0, 0.05) is 0 Å². The number of hydrogen-bond donors (Lipinski definition) is 0. The SMILES string of the molecule is Cc1c[c-](C)c(C)c1C.[Cl-].[Cl-].[Zr+4].c1cc[cH-]c1.c1ccc([SiH]c2ccccc2)cc1. The molecule has 0 bridgehead atoms. The average Bonchev–Trinajstić information content (AvgIpc) is 3.34. The maximum atomic E-state index is 2.24. The van der Waals surface area contributed by atoms with Gasteiger partial charge in [-0.25, -0.2) is 12.1 Å². The molecule has 4 aromatic rings. The van der Waals surface area contributed by atoms with Crippen LogP contribution < -0.4 is 35.2 Å². The van der Waals surface area contributed by atoms with Crippen LogP contribution in [0.1, 0.15) is 22.3 Å². The fourth-order valence-corrected chi connectivity index (χ4v) is 3.96. The first-order valence-corrected chi connectivity index (χ1v) is 10.5. The number of rotatable bonds is 2. The summed E-state index contributed by atoms with van der Waals surface area (Å²) in [5.41, 5.74) is 5.75. The second-order valence-electron chi connectivity index (χ2n) is 6.69. The van der Waals surface area contributed by atoms with Crippen LogP contribution in [0.15, 0.2) is 97.1 Å². The third-order valence-corrected chi connectivity index (χ3v) is 6.10. The zero-order chi connectivity index (χ0) is 19.5. The van der Waals surface area contributed by atoms with E-state index < -0.39 is 0 Å². The van der Waals surface area contributed by atoms with E-state index in [4.69, 9.17) is 0 Å². The van der Waals surface area contributed by atoms with E-state index in [0.717, 1.165) is 0 Å². The summed E-state index contributed by atoms with van der Waals surface area (Å²) in [5, 5.41) is 2.90. The molecule has 0 aliphatic heterocycles. The molecule has 1 radical (unpaired) electrons. The van der Waals surface area contributed by atoms with Crippen molar-refractivity contribution in [2.24, 2.45) is 0 Å². The third-order valence-electron chi connectivity index (χ3n) is 4.67. The summed E-state index contributed by atoms with van der Waals surface area (Å²) in [6.45, 7) is 8.68. The van der Waals surface area contributed by atoms with E-state index in [9.17, 15) is 0 Å². The van der Waals surface area contributed by atoms with E-state index >= 15 is 0 Å². The fourth-order valence-electron chi connectivity index (χ4n) is 2.74. The van der Waals surface area contributed by atoms with Crippen LogP contribution in [0.4, 0.5) is 0 Å². The van der Waals surface area contributed by atoms with Crippen molar-refractivity contribution in [3.63, 3.8) is 0 Å². The van der Waals surface area contributed by atoms with Gasteiger partial charge in [0.15, 0.2) is 0 Å². The Labute approximate surface area is 216 Å². The van der Waals surface area contributed by atoms with Crippen LogP contribution in [0.5, 0.6) is 0 Å². The van der Waals surface area contributed by atoms with Crippen molar-refractivity contribution in [2.45, 2.75) is 27.7 Å². The maximum Gasteiger partial charge on any atom is 4.00 e. The molecule has 0 spiro atoms. The van der Waals surface area contributed by atoms with Crippen molar-refractivity contribution in [3.05, 3.63) is 119 Å². The zero-order valence-corrected chi connectivity index (χ0v) is 23.2. The Kier molecular flexibility index (Phi) is 18.1. The zero-order valence-electron chi connectivity index (χ0n) is 18.1. The van der Waals surface area contributed by atoms with E-state index in [1.807, 2.05) is 30.3 Å². The molecule has 0 N–H and O–H groups in total. The Balaban J connectivity index is 0. The summed E-state index contributed by atoms with van der Waals surface area (Å²) < 4.78 is 0. The standard InChI is InChI=1S/C12H11Si.C9H13.C5H5.2ClH.Zr/c1-3-7-11(8-4-1)13-12-9-5-2-6-10-12;1-6-5-7(2)9(4)8(6)3;1-2-4-5-3-1;;;/h1-10,13H;5H,1-4H3;1-5H;2*1H;/q;2*-1;;;+4/p-2. The molecular weight excluding hydrogens is 503 g/mol. The predicted octanol–water partition coefficient (Wildman–Crippen LogP) is -0.876. The van der Waals surface area contributed by atoms with Crippen LogP contribution in [-0.4, -0.2) is 9.52 Å². The van der Waals surface area contributed by atoms with Crippen molar-refractivity contribution < 1.29 is 51.0 Å². The van der Waals surface area contributed by atoms with E-state index in [0.29, 0.717) is 0 Å². The average molecular weight is 532 g/mol. The minimum absolute atomic E-state index is 0. The van der Waals surface area contributed by atoms with Gasteiger partial charge in [-0.1, -0.05) is 98.7 Å². The van der Waals surface area contributed by atoms with Gasteiger partial charge in [-0.2, -0.15) is 46.5 Å². The van der Waals surface area contributed by atoms with Crippen molar-refractivity contribution in [2.75, 3.05) is 0 Å². The van der Waals surface area contributed by atoms with Gasteiger partial charge in [0.2, 0.25) is 0 Å². The molecule has 0 nitrogen and oxygen atoms in total. The maximum absolute atomic E-state index is 2.24. The Morgan fingerprint density at radius 1 is 0.700 bits per heavy atom. The van der Waals surface area contributed by atoms with Crippen LogP contribution in [-0.2, 0) is 26.2 Å². The molecule has 0 unspecified atom stereocenters. The smallest absolute Gasteiger partial charge is 1.00 e. The largest absolute Gasteiger partial charge is 4.00 e. The molecule has 4 aromatic carbocycles. The van der Waals surface area contributed by atoms with Gasteiger partial charge in [0.25, 0.3) is 0 Å². The molecule has 0 atom stereocenters. The Morgan fingerprint density at radius 2 is 1.13 bits per heavy atom. The van der Waals surface area contributed by atoms with Crippen molar-refractivity contribution in [3.8, 4) is 0 Å². The molecule has 0 fully saturated rings. The van der Waals surface area contributed by atoms with Crippen LogP contribution in [0.25, 0.3) is 0 Å². The topological polar surface area (TPSA) is 0 Å². The molecule has 0 saturated heterocycles. The first-order valence-electron chi connectivity index (χ1n) is 9.39. The summed E-state index contributed by atoms with van der Waals surface area (Å²) in [6, 6.07) is 33.6. The molecular formula is C26H29Cl2SiZr. The van der Waals surface area contributed by atoms with Crippen molar-refractivity contribution in [1.82, 2.24) is 0 Å². The summed E-state index contributed by atoms with van der Waals surface area (Å²) >= 11 is 0. The number of benzene rings is 2. The van der Waals surface area contributed by atoms with Gasteiger partial charge in [-0.3, -0.25) is 0 Å². The van der Waals surface area contributed by atoms with Gasteiger partial charge in [-0.05, 0) is 0 Å². The monoisotopic (exact) mass is 529 g/mol. The molecule has 0 amide bonds. The molecule has 30 heavy (non-hydrogen) atoms. The summed E-state index contributed by atoms with van der Waals surface area (Å²) in [7, 11) is 0.271. The van der Waals surface area contributed by atoms with Crippen LogP contribution >= 0.6 is 0 Å². The van der Waals surface area contributed by atoms with Crippen LogP contribution in [0.3, 0.4) is 0 Å². The minimum atomic E-state index is 0. The van der Waals surface area contributed by atoms with Gasteiger partial charge in [0.05, 0.1) is 0 Å². The van der Waals surface area contributed by atoms with Gasteiger partial charge in [-0.15, -0.1) is 0 Å². The molecule has 4 rings (SSSR count). The van der Waals surface area contributed by atoms with Crippen LogP contribution in [0, 0.1) is 27.7 Å². The molecule has 4 heteroatoms. The first-order chi connectivity index (χ1) is 13.1. The summed E-state index contributed by atoms with van der Waals surface area (Å²) in [4.78, 5) is 0. The normalized spacial score (nSPS) is 8.67. The number of halogens is 2. The molecule has 0 aliphatic carbocycles. The summed E-state index contributed by atoms with van der Waals surface area (Å²) in [5.74, 6) is 0. The molecule has 155 valence electrons. The second kappa shape index (κ2) is 17.5. The molecule has 0 aliphatic rings. The van der Waals surface area contributed by atoms with E-state index in [1.54, 1.807) is 0 Å². The van der Waals surface area contributed by atoms with Crippen molar-refractivity contribution >= 4 is 19.9 Å². The van der Waals surface area contributed by atoms with E-state index in [1.165, 1.54) is 32.6 Å². The van der Waals surface area contributed by atoms with Gasteiger partial charge < -0.3 is 24.8 Å². The number of aryl methyl sites for hydroxylation is 2. The number of hydrogen-bond acceptors (Lipinski definition) is 0. The van der Waals surface area contributed by atoms with Gasteiger partial charge in [0.1, 0.15) is 9.52 Å². The fraction of sp³-hybridized carbons (Fsp3) is 0.154. The first kappa shape index (κ1) is 31.0. The summed E-state index contributed by atoms with van der Waals surface area (Å²) in [6.07, 6.45) is 0. The Bertz CT molecular complexity index is 808. The van der Waals surface area contributed by atoms with E-state index in [2.05, 4.69) is 94.4 Å². The third kappa shape index (κ3) is 11.3. The molecule has 0 saturated carbocycles. The second-order valence-corrected chi connectivity index (χ2v) is 8.31. The minimum Gasteiger partial charge on any atom is -1.00 e. The van der Waals surface area contributed by atoms with E-state index in [-0.39, 0.29) is 60.5 Å².